The van der Waals surface area contributed by atoms with E-state index in [4.69, 9.17) is 0 Å². The molecule has 1 atom stereocenters. The van der Waals surface area contributed by atoms with Crippen molar-refractivity contribution in [2.24, 2.45) is 0 Å². The molecule has 20 heavy (non-hydrogen) atoms. The van der Waals surface area contributed by atoms with Crippen molar-refractivity contribution in [1.82, 2.24) is 5.32 Å². The summed E-state index contributed by atoms with van der Waals surface area (Å²) < 4.78 is 40.9. The fourth-order valence-electron chi connectivity index (χ4n) is 2.18. The van der Waals surface area contributed by atoms with Crippen LogP contribution in [0.4, 0.5) is 13.2 Å². The van der Waals surface area contributed by atoms with Gasteiger partial charge in [0.1, 0.15) is 17.5 Å². The molecule has 4 heteroatoms. The number of hydrogen-bond donors (Lipinski definition) is 1. The quantitative estimate of drug-likeness (QED) is 0.888. The molecular formula is C16H16F3N. The van der Waals surface area contributed by atoms with Crippen LogP contribution in [-0.2, 0) is 0 Å². The highest BCUT2D eigenvalue weighted by atomic mass is 19.1. The zero-order valence-corrected chi connectivity index (χ0v) is 11.4. The maximum absolute atomic E-state index is 13.9. The van der Waals surface area contributed by atoms with Crippen molar-refractivity contribution in [3.8, 4) is 0 Å². The molecule has 0 fully saturated rings. The van der Waals surface area contributed by atoms with E-state index in [1.54, 1.807) is 0 Å². The Morgan fingerprint density at radius 2 is 1.55 bits per heavy atom. The molecule has 0 amide bonds. The first kappa shape index (κ1) is 14.6. The molecule has 0 aliphatic heterocycles. The van der Waals surface area contributed by atoms with Gasteiger partial charge in [0.05, 0.1) is 6.04 Å². The van der Waals surface area contributed by atoms with Gasteiger partial charge in [0.25, 0.3) is 0 Å². The molecule has 0 radical (unpaired) electrons. The van der Waals surface area contributed by atoms with E-state index in [0.29, 0.717) is 18.7 Å². The van der Waals surface area contributed by atoms with E-state index in [0.717, 1.165) is 11.1 Å². The summed E-state index contributed by atoms with van der Waals surface area (Å²) >= 11 is 0. The summed E-state index contributed by atoms with van der Waals surface area (Å²) in [6.07, 6.45) is 0. The second kappa shape index (κ2) is 6.09. The van der Waals surface area contributed by atoms with Crippen LogP contribution in [0.15, 0.2) is 36.4 Å². The zero-order valence-electron chi connectivity index (χ0n) is 11.4. The first-order valence-electron chi connectivity index (χ1n) is 6.47. The van der Waals surface area contributed by atoms with E-state index in [1.807, 2.05) is 38.1 Å². The van der Waals surface area contributed by atoms with Crippen molar-refractivity contribution >= 4 is 0 Å². The normalized spacial score (nSPS) is 12.4. The van der Waals surface area contributed by atoms with Gasteiger partial charge >= 0.3 is 0 Å². The van der Waals surface area contributed by atoms with Crippen LogP contribution in [0.25, 0.3) is 0 Å². The topological polar surface area (TPSA) is 12.0 Å². The van der Waals surface area contributed by atoms with Crippen molar-refractivity contribution in [3.05, 3.63) is 70.5 Å². The molecular weight excluding hydrogens is 263 g/mol. The SMILES string of the molecule is CCNC(c1ccc(C)cc1)c1c(F)cc(F)cc1F. The van der Waals surface area contributed by atoms with Crippen LogP contribution < -0.4 is 5.32 Å². The lowest BCUT2D eigenvalue weighted by molar-refractivity contribution is 0.492. The van der Waals surface area contributed by atoms with Gasteiger partial charge in [0.15, 0.2) is 0 Å². The minimum absolute atomic E-state index is 0.155. The molecule has 1 nitrogen and oxygen atoms in total. The predicted molar refractivity (Wildman–Crippen MR) is 73.0 cm³/mol. The molecule has 0 saturated carbocycles. The fourth-order valence-corrected chi connectivity index (χ4v) is 2.18. The van der Waals surface area contributed by atoms with Crippen molar-refractivity contribution in [3.63, 3.8) is 0 Å². The van der Waals surface area contributed by atoms with Crippen LogP contribution in [0, 0.1) is 24.4 Å². The Hall–Kier alpha value is -1.81. The molecule has 0 bridgehead atoms. The summed E-state index contributed by atoms with van der Waals surface area (Å²) in [6.45, 7) is 4.32. The van der Waals surface area contributed by atoms with Crippen molar-refractivity contribution in [2.75, 3.05) is 6.54 Å². The summed E-state index contributed by atoms with van der Waals surface area (Å²) in [5, 5.41) is 3.03. The lowest BCUT2D eigenvalue weighted by atomic mass is 9.96. The standard InChI is InChI=1S/C16H16F3N/c1-3-20-16(11-6-4-10(2)5-7-11)15-13(18)8-12(17)9-14(15)19/h4-9,16,20H,3H2,1-2H3. The van der Waals surface area contributed by atoms with E-state index >= 15 is 0 Å². The smallest absolute Gasteiger partial charge is 0.134 e. The van der Waals surface area contributed by atoms with Crippen molar-refractivity contribution in [1.29, 1.82) is 0 Å². The Bertz CT molecular complexity index is 570. The van der Waals surface area contributed by atoms with Gasteiger partial charge in [-0.2, -0.15) is 0 Å². The molecule has 2 rings (SSSR count). The maximum atomic E-state index is 13.9. The van der Waals surface area contributed by atoms with Crippen LogP contribution >= 0.6 is 0 Å². The van der Waals surface area contributed by atoms with Gasteiger partial charge in [0, 0.05) is 17.7 Å². The Kier molecular flexibility index (Phi) is 4.45. The first-order valence-corrected chi connectivity index (χ1v) is 6.47. The van der Waals surface area contributed by atoms with Gasteiger partial charge in [-0.05, 0) is 19.0 Å². The van der Waals surface area contributed by atoms with Gasteiger partial charge in [0.2, 0.25) is 0 Å². The summed E-state index contributed by atoms with van der Waals surface area (Å²) in [5.41, 5.74) is 1.64. The Morgan fingerprint density at radius 1 is 1.00 bits per heavy atom. The van der Waals surface area contributed by atoms with Crippen LogP contribution in [-0.4, -0.2) is 6.54 Å². The average molecular weight is 279 g/mol. The summed E-state index contributed by atoms with van der Waals surface area (Å²) in [7, 11) is 0. The molecule has 0 aliphatic carbocycles. The van der Waals surface area contributed by atoms with Crippen LogP contribution in [0.2, 0.25) is 0 Å². The molecule has 1 N–H and O–H groups in total. The number of hydrogen-bond acceptors (Lipinski definition) is 1. The van der Waals surface area contributed by atoms with Crippen LogP contribution in [0.1, 0.15) is 29.7 Å². The number of benzene rings is 2. The molecule has 0 heterocycles. The second-order valence-corrected chi connectivity index (χ2v) is 4.68. The Morgan fingerprint density at radius 3 is 2.05 bits per heavy atom. The van der Waals surface area contributed by atoms with E-state index in [9.17, 15) is 13.2 Å². The van der Waals surface area contributed by atoms with Gasteiger partial charge in [-0.1, -0.05) is 36.8 Å². The van der Waals surface area contributed by atoms with Gasteiger partial charge in [-0.3, -0.25) is 0 Å². The molecule has 2 aromatic carbocycles. The van der Waals surface area contributed by atoms with Crippen molar-refractivity contribution in [2.45, 2.75) is 19.9 Å². The van der Waals surface area contributed by atoms with E-state index < -0.39 is 23.5 Å². The van der Waals surface area contributed by atoms with Crippen molar-refractivity contribution < 1.29 is 13.2 Å². The minimum Gasteiger partial charge on any atom is -0.306 e. The molecule has 2 aromatic rings. The minimum atomic E-state index is -0.914. The number of aryl methyl sites for hydroxylation is 1. The third kappa shape index (κ3) is 3.02. The Labute approximate surface area is 116 Å². The summed E-state index contributed by atoms with van der Waals surface area (Å²) in [4.78, 5) is 0. The van der Waals surface area contributed by atoms with Gasteiger partial charge < -0.3 is 5.32 Å². The fraction of sp³-hybridized carbons (Fsp3) is 0.250. The molecule has 0 spiro atoms. The third-order valence-electron chi connectivity index (χ3n) is 3.15. The van der Waals surface area contributed by atoms with Gasteiger partial charge in [-0.15, -0.1) is 0 Å². The molecule has 1 unspecified atom stereocenters. The van der Waals surface area contributed by atoms with E-state index in [2.05, 4.69) is 5.32 Å². The van der Waals surface area contributed by atoms with Crippen LogP contribution in [0.5, 0.6) is 0 Å². The second-order valence-electron chi connectivity index (χ2n) is 4.68. The highest BCUT2D eigenvalue weighted by Crippen LogP contribution is 2.28. The molecule has 0 aromatic heterocycles. The molecule has 0 saturated heterocycles. The monoisotopic (exact) mass is 279 g/mol. The molecule has 0 aliphatic rings. The third-order valence-corrected chi connectivity index (χ3v) is 3.15. The van der Waals surface area contributed by atoms with E-state index in [1.165, 1.54) is 0 Å². The average Bonchev–Trinajstić information content (AvgIpc) is 2.37. The first-order chi connectivity index (χ1) is 9.52. The number of nitrogens with one attached hydrogen (secondary N) is 1. The lowest BCUT2D eigenvalue weighted by Crippen LogP contribution is -2.24. The molecule has 106 valence electrons. The van der Waals surface area contributed by atoms with E-state index in [-0.39, 0.29) is 5.56 Å². The largest absolute Gasteiger partial charge is 0.306 e. The predicted octanol–water partition coefficient (Wildman–Crippen LogP) is 4.11. The Balaban J connectivity index is 2.51. The summed E-state index contributed by atoms with van der Waals surface area (Å²) in [5.74, 6) is -2.68. The number of rotatable bonds is 4. The van der Waals surface area contributed by atoms with Crippen LogP contribution in [0.3, 0.4) is 0 Å². The highest BCUT2D eigenvalue weighted by Gasteiger charge is 2.22. The van der Waals surface area contributed by atoms with Gasteiger partial charge in [-0.25, -0.2) is 13.2 Å². The number of halogens is 3. The highest BCUT2D eigenvalue weighted by molar-refractivity contribution is 5.35. The summed E-state index contributed by atoms with van der Waals surface area (Å²) in [6, 6.07) is 8.14. The zero-order chi connectivity index (χ0) is 14.7. The maximum Gasteiger partial charge on any atom is 0.134 e. The lowest BCUT2D eigenvalue weighted by Gasteiger charge is -2.20.